The summed E-state index contributed by atoms with van der Waals surface area (Å²) in [5.41, 5.74) is 0.867. The van der Waals surface area contributed by atoms with Crippen LogP contribution in [0.1, 0.15) is 11.1 Å². The zero-order chi connectivity index (χ0) is 19.4. The second kappa shape index (κ2) is 7.78. The van der Waals surface area contributed by atoms with E-state index in [9.17, 15) is 9.59 Å². The standard InChI is InChI=1S/C21H20N2O4/c1-23-19(13-15-7-5-9-17(11-15)27-3)20(24)22-18(21(23)25)12-14-6-4-8-16(10-14)26-2/h4-13H,1-3H3,(H,22,24)/b18-12-,19-13-. The van der Waals surface area contributed by atoms with Crippen LogP contribution < -0.4 is 31.3 Å². The second-order valence-electron chi connectivity index (χ2n) is 5.96. The predicted octanol–water partition coefficient (Wildman–Crippen LogP) is 0.748. The topological polar surface area (TPSA) is 73.3 Å². The van der Waals surface area contributed by atoms with Gasteiger partial charge in [0.25, 0.3) is 11.1 Å². The fraction of sp³-hybridized carbons (Fsp3) is 0.143. The summed E-state index contributed by atoms with van der Waals surface area (Å²) in [6, 6.07) is 14.5. The molecular weight excluding hydrogens is 344 g/mol. The lowest BCUT2D eigenvalue weighted by molar-refractivity contribution is 0.414. The molecule has 0 atom stereocenters. The Bertz CT molecular complexity index is 1210. The molecule has 1 N–H and O–H groups in total. The van der Waals surface area contributed by atoms with E-state index in [0.717, 1.165) is 11.1 Å². The summed E-state index contributed by atoms with van der Waals surface area (Å²) in [5.74, 6) is 1.35. The van der Waals surface area contributed by atoms with E-state index < -0.39 is 0 Å². The van der Waals surface area contributed by atoms with Gasteiger partial charge in [-0.25, -0.2) is 0 Å². The third kappa shape index (κ3) is 4.00. The quantitative estimate of drug-likeness (QED) is 0.741. The average Bonchev–Trinajstić information content (AvgIpc) is 2.69. The van der Waals surface area contributed by atoms with E-state index in [2.05, 4.69) is 4.98 Å². The third-order valence-electron chi connectivity index (χ3n) is 4.18. The van der Waals surface area contributed by atoms with Crippen molar-refractivity contribution in [3.63, 3.8) is 0 Å². The van der Waals surface area contributed by atoms with Crippen LogP contribution in [0.15, 0.2) is 58.1 Å². The highest BCUT2D eigenvalue weighted by Gasteiger charge is 2.03. The van der Waals surface area contributed by atoms with Crippen molar-refractivity contribution in [2.45, 2.75) is 0 Å². The fourth-order valence-electron chi connectivity index (χ4n) is 2.73. The molecule has 6 nitrogen and oxygen atoms in total. The molecule has 1 aromatic heterocycles. The number of H-pyrrole nitrogens is 1. The Hall–Kier alpha value is -3.54. The van der Waals surface area contributed by atoms with Crippen LogP contribution in [0, 0.1) is 0 Å². The number of aromatic amines is 1. The highest BCUT2D eigenvalue weighted by atomic mass is 16.5. The van der Waals surface area contributed by atoms with Gasteiger partial charge in [-0.05, 0) is 47.5 Å². The summed E-state index contributed by atoms with van der Waals surface area (Å²) >= 11 is 0. The van der Waals surface area contributed by atoms with E-state index in [0.29, 0.717) is 11.5 Å². The number of ether oxygens (including phenoxy) is 2. The largest absolute Gasteiger partial charge is 0.497 e. The number of benzene rings is 2. The minimum absolute atomic E-state index is 0.207. The number of aromatic nitrogens is 2. The molecule has 3 aromatic rings. The first-order valence-corrected chi connectivity index (χ1v) is 8.32. The van der Waals surface area contributed by atoms with Crippen LogP contribution in [0.5, 0.6) is 11.5 Å². The Labute approximate surface area is 155 Å². The van der Waals surface area contributed by atoms with Gasteiger partial charge in [0.2, 0.25) is 0 Å². The maximum Gasteiger partial charge on any atom is 0.274 e. The molecule has 27 heavy (non-hydrogen) atoms. The maximum absolute atomic E-state index is 12.7. The van der Waals surface area contributed by atoms with Gasteiger partial charge in [-0.1, -0.05) is 24.3 Å². The van der Waals surface area contributed by atoms with Crippen molar-refractivity contribution in [3.8, 4) is 11.5 Å². The minimum atomic E-state index is -0.353. The lowest BCUT2D eigenvalue weighted by atomic mass is 10.2. The first-order chi connectivity index (χ1) is 13.0. The Balaban J connectivity index is 2.17. The van der Waals surface area contributed by atoms with Crippen LogP contribution in [0.4, 0.5) is 0 Å². The zero-order valence-corrected chi connectivity index (χ0v) is 15.4. The highest BCUT2D eigenvalue weighted by Crippen LogP contribution is 2.13. The van der Waals surface area contributed by atoms with Crippen molar-refractivity contribution in [1.82, 2.24) is 9.55 Å². The number of hydrogen-bond acceptors (Lipinski definition) is 4. The second-order valence-corrected chi connectivity index (χ2v) is 5.96. The van der Waals surface area contributed by atoms with Crippen LogP contribution in [0.3, 0.4) is 0 Å². The van der Waals surface area contributed by atoms with Crippen molar-refractivity contribution in [2.75, 3.05) is 14.2 Å². The lowest BCUT2D eigenvalue weighted by Gasteiger charge is -2.03. The normalized spacial score (nSPS) is 12.3. The Morgan fingerprint density at radius 2 is 1.44 bits per heavy atom. The van der Waals surface area contributed by atoms with Crippen LogP contribution in [-0.2, 0) is 7.05 Å². The van der Waals surface area contributed by atoms with E-state index in [1.807, 2.05) is 36.4 Å². The molecule has 0 fully saturated rings. The van der Waals surface area contributed by atoms with Gasteiger partial charge in [0, 0.05) is 7.05 Å². The van der Waals surface area contributed by atoms with Gasteiger partial charge >= 0.3 is 0 Å². The molecule has 6 heteroatoms. The summed E-state index contributed by atoms with van der Waals surface area (Å²) in [4.78, 5) is 27.9. The number of methoxy groups -OCH3 is 2. The molecule has 0 amide bonds. The summed E-state index contributed by atoms with van der Waals surface area (Å²) in [7, 11) is 4.72. The van der Waals surface area contributed by atoms with Gasteiger partial charge in [-0.3, -0.25) is 9.59 Å². The number of hydrogen-bond donors (Lipinski definition) is 1. The van der Waals surface area contributed by atoms with Crippen molar-refractivity contribution < 1.29 is 9.47 Å². The molecular formula is C21H20N2O4. The Morgan fingerprint density at radius 1 is 0.889 bits per heavy atom. The Kier molecular flexibility index (Phi) is 5.26. The predicted molar refractivity (Wildman–Crippen MR) is 105 cm³/mol. The number of nitrogens with zero attached hydrogens (tertiary/aromatic N) is 1. The summed E-state index contributed by atoms with van der Waals surface area (Å²) in [6.07, 6.45) is 3.28. The molecule has 0 saturated carbocycles. The smallest absolute Gasteiger partial charge is 0.274 e. The monoisotopic (exact) mass is 364 g/mol. The molecule has 2 aromatic carbocycles. The molecule has 0 bridgehead atoms. The fourth-order valence-corrected chi connectivity index (χ4v) is 2.73. The Morgan fingerprint density at radius 3 is 2.00 bits per heavy atom. The first-order valence-electron chi connectivity index (χ1n) is 8.32. The van der Waals surface area contributed by atoms with Crippen LogP contribution in [0.2, 0.25) is 0 Å². The van der Waals surface area contributed by atoms with E-state index in [4.69, 9.17) is 9.47 Å². The highest BCUT2D eigenvalue weighted by molar-refractivity contribution is 5.52. The van der Waals surface area contributed by atoms with Crippen molar-refractivity contribution >= 4 is 12.2 Å². The molecule has 3 rings (SSSR count). The molecule has 0 radical (unpaired) electrons. The lowest BCUT2D eigenvalue weighted by Crippen LogP contribution is -2.52. The van der Waals surface area contributed by atoms with E-state index in [1.165, 1.54) is 4.57 Å². The average molecular weight is 364 g/mol. The maximum atomic E-state index is 12.7. The minimum Gasteiger partial charge on any atom is -0.497 e. The molecule has 0 aliphatic heterocycles. The molecule has 0 saturated heterocycles. The van der Waals surface area contributed by atoms with Crippen molar-refractivity contribution in [1.29, 1.82) is 0 Å². The SMILES string of the molecule is COc1cccc(/C=c2\[nH]c(=O)/c(=C/c3cccc(OC)c3)n(C)c2=O)c1. The molecule has 0 unspecified atom stereocenters. The summed E-state index contributed by atoms with van der Waals surface area (Å²) < 4.78 is 11.7. The van der Waals surface area contributed by atoms with Gasteiger partial charge in [0.05, 0.1) is 14.2 Å². The summed E-state index contributed by atoms with van der Waals surface area (Å²) in [5, 5.41) is 0.467. The van der Waals surface area contributed by atoms with Crippen LogP contribution in [0.25, 0.3) is 12.2 Å². The third-order valence-corrected chi connectivity index (χ3v) is 4.18. The van der Waals surface area contributed by atoms with E-state index in [1.54, 1.807) is 45.6 Å². The molecule has 0 spiro atoms. The zero-order valence-electron chi connectivity index (χ0n) is 15.4. The number of rotatable bonds is 4. The molecule has 1 heterocycles. The van der Waals surface area contributed by atoms with E-state index >= 15 is 0 Å². The van der Waals surface area contributed by atoms with Crippen molar-refractivity contribution in [2.24, 2.45) is 7.05 Å². The van der Waals surface area contributed by atoms with Gasteiger partial charge in [0.1, 0.15) is 22.2 Å². The van der Waals surface area contributed by atoms with Crippen LogP contribution >= 0.6 is 0 Å². The van der Waals surface area contributed by atoms with Crippen molar-refractivity contribution in [3.05, 3.63) is 91.1 Å². The van der Waals surface area contributed by atoms with E-state index in [-0.39, 0.29) is 21.8 Å². The van der Waals surface area contributed by atoms with Crippen LogP contribution in [-0.4, -0.2) is 23.8 Å². The van der Waals surface area contributed by atoms with Gasteiger partial charge in [-0.2, -0.15) is 0 Å². The van der Waals surface area contributed by atoms with Gasteiger partial charge < -0.3 is 19.0 Å². The molecule has 0 aliphatic carbocycles. The first kappa shape index (κ1) is 18.3. The number of nitrogens with one attached hydrogen (secondary N) is 1. The van der Waals surface area contributed by atoms with Gasteiger partial charge in [-0.15, -0.1) is 0 Å². The molecule has 138 valence electrons. The summed E-state index contributed by atoms with van der Waals surface area (Å²) in [6.45, 7) is 0. The van der Waals surface area contributed by atoms with Gasteiger partial charge in [0.15, 0.2) is 0 Å². The molecule has 0 aliphatic rings.